The molecule has 32 heavy (non-hydrogen) atoms. The maximum absolute atomic E-state index is 12.2. The van der Waals surface area contributed by atoms with Gasteiger partial charge in [-0.05, 0) is 13.8 Å². The highest BCUT2D eigenvalue weighted by Gasteiger charge is 2.16. The summed E-state index contributed by atoms with van der Waals surface area (Å²) >= 11 is 0. The van der Waals surface area contributed by atoms with Gasteiger partial charge in [0.05, 0.1) is 38.0 Å². The molecule has 0 aromatic carbocycles. The van der Waals surface area contributed by atoms with Gasteiger partial charge in [-0.2, -0.15) is 10.2 Å². The van der Waals surface area contributed by atoms with Crippen molar-refractivity contribution < 1.29 is 19.1 Å². The molecule has 2 rings (SSSR count). The molecule has 0 unspecified atom stereocenters. The van der Waals surface area contributed by atoms with E-state index in [0.29, 0.717) is 11.4 Å². The first-order chi connectivity index (χ1) is 15.1. The first kappa shape index (κ1) is 23.9. The van der Waals surface area contributed by atoms with Crippen LogP contribution in [-0.4, -0.2) is 56.7 Å². The molecule has 0 spiro atoms. The third-order valence-electron chi connectivity index (χ3n) is 4.32. The maximum Gasteiger partial charge on any atom is 0.345 e. The molecule has 0 aliphatic carbocycles. The van der Waals surface area contributed by atoms with Gasteiger partial charge in [0.2, 0.25) is 11.9 Å². The summed E-state index contributed by atoms with van der Waals surface area (Å²) in [7, 11) is 5.17. The molecule has 170 valence electrons. The summed E-state index contributed by atoms with van der Waals surface area (Å²) in [6.07, 6.45) is 2.18. The fourth-order valence-corrected chi connectivity index (χ4v) is 2.23. The lowest BCUT2D eigenvalue weighted by molar-refractivity contribution is 0.0588. The zero-order chi connectivity index (χ0) is 24.0. The normalized spacial score (nSPS) is 11.7. The first-order valence-electron chi connectivity index (χ1n) is 9.02. The lowest BCUT2D eigenvalue weighted by Gasteiger charge is -2.09. The average Bonchev–Trinajstić information content (AvgIpc) is 2.79. The van der Waals surface area contributed by atoms with E-state index in [-0.39, 0.29) is 23.0 Å². The largest absolute Gasteiger partial charge is 0.465 e. The zero-order valence-corrected chi connectivity index (χ0v) is 18.3. The molecule has 0 saturated heterocycles. The predicted octanol–water partition coefficient (Wildman–Crippen LogP) is -0.277. The van der Waals surface area contributed by atoms with Gasteiger partial charge in [-0.1, -0.05) is 0 Å². The summed E-state index contributed by atoms with van der Waals surface area (Å²) in [6, 6.07) is 0. The molecule has 0 atom stereocenters. The molecule has 0 aliphatic rings. The van der Waals surface area contributed by atoms with E-state index in [0.717, 1.165) is 21.5 Å². The highest BCUT2D eigenvalue weighted by molar-refractivity contribution is 6.40. The molecule has 2 aromatic heterocycles. The van der Waals surface area contributed by atoms with E-state index in [1.54, 1.807) is 13.8 Å². The van der Waals surface area contributed by atoms with Gasteiger partial charge in [0, 0.05) is 14.1 Å². The van der Waals surface area contributed by atoms with Crippen LogP contribution >= 0.6 is 0 Å². The van der Waals surface area contributed by atoms with E-state index in [9.17, 15) is 19.2 Å². The van der Waals surface area contributed by atoms with E-state index >= 15 is 0 Å². The fourth-order valence-electron chi connectivity index (χ4n) is 2.23. The SMILES string of the molecule is COC(=O)c1cnc(N/N=C(C)/C(C)=N/Nc2ncc(C(=O)OC)c(=O)n2C)n(C)c1=O. The van der Waals surface area contributed by atoms with E-state index in [1.807, 2.05) is 0 Å². The zero-order valence-electron chi connectivity index (χ0n) is 18.3. The molecular weight excluding hydrogens is 424 g/mol. The van der Waals surface area contributed by atoms with Crippen LogP contribution in [0.2, 0.25) is 0 Å². The molecule has 0 fully saturated rings. The monoisotopic (exact) mass is 446 g/mol. The van der Waals surface area contributed by atoms with Gasteiger partial charge in [0.25, 0.3) is 11.1 Å². The number of anilines is 2. The molecule has 2 N–H and O–H groups in total. The minimum Gasteiger partial charge on any atom is -0.465 e. The van der Waals surface area contributed by atoms with Gasteiger partial charge in [-0.3, -0.25) is 18.7 Å². The Balaban J connectivity index is 2.18. The number of aromatic nitrogens is 4. The highest BCUT2D eigenvalue weighted by Crippen LogP contribution is 2.03. The summed E-state index contributed by atoms with van der Waals surface area (Å²) in [5.74, 6) is -1.41. The Bertz CT molecular complexity index is 1130. The number of hydrazone groups is 2. The molecule has 0 aliphatic heterocycles. The van der Waals surface area contributed by atoms with Gasteiger partial charge in [0.15, 0.2) is 0 Å². The number of methoxy groups -OCH3 is 2. The van der Waals surface area contributed by atoms with Gasteiger partial charge in [0.1, 0.15) is 11.1 Å². The van der Waals surface area contributed by atoms with Crippen molar-refractivity contribution >= 4 is 35.3 Å². The Kier molecular flexibility index (Phi) is 7.55. The van der Waals surface area contributed by atoms with E-state index in [2.05, 4.69) is 40.5 Å². The molecule has 0 amide bonds. The number of esters is 2. The van der Waals surface area contributed by atoms with Crippen LogP contribution in [0.4, 0.5) is 11.9 Å². The van der Waals surface area contributed by atoms with Crippen LogP contribution in [0.5, 0.6) is 0 Å². The minimum absolute atomic E-state index is 0.0882. The molecule has 2 heterocycles. The smallest absolute Gasteiger partial charge is 0.345 e. The van der Waals surface area contributed by atoms with Crippen molar-refractivity contribution in [2.45, 2.75) is 13.8 Å². The maximum atomic E-state index is 12.2. The van der Waals surface area contributed by atoms with Gasteiger partial charge in [-0.15, -0.1) is 0 Å². The fraction of sp³-hybridized carbons (Fsp3) is 0.333. The summed E-state index contributed by atoms with van der Waals surface area (Å²) in [4.78, 5) is 55.5. The van der Waals surface area contributed by atoms with Crippen molar-refractivity contribution in [3.63, 3.8) is 0 Å². The second-order valence-corrected chi connectivity index (χ2v) is 6.32. The van der Waals surface area contributed by atoms with Crippen LogP contribution in [0.25, 0.3) is 0 Å². The third-order valence-corrected chi connectivity index (χ3v) is 4.32. The first-order valence-corrected chi connectivity index (χ1v) is 9.02. The van der Waals surface area contributed by atoms with Crippen molar-refractivity contribution in [2.75, 3.05) is 25.1 Å². The topological polar surface area (TPSA) is 171 Å². The molecule has 14 heteroatoms. The summed E-state index contributed by atoms with van der Waals surface area (Å²) in [5.41, 5.74) is 4.46. The molecule has 0 saturated carbocycles. The lowest BCUT2D eigenvalue weighted by Crippen LogP contribution is -2.28. The Hall–Kier alpha value is -4.36. The van der Waals surface area contributed by atoms with Crippen molar-refractivity contribution in [1.29, 1.82) is 0 Å². The number of ether oxygens (including phenoxy) is 2. The van der Waals surface area contributed by atoms with Crippen molar-refractivity contribution in [3.8, 4) is 0 Å². The van der Waals surface area contributed by atoms with Crippen molar-refractivity contribution in [3.05, 3.63) is 44.2 Å². The van der Waals surface area contributed by atoms with Crippen LogP contribution in [0.1, 0.15) is 34.6 Å². The minimum atomic E-state index is -0.791. The van der Waals surface area contributed by atoms with Crippen molar-refractivity contribution in [1.82, 2.24) is 19.1 Å². The number of carbonyl (C=O) groups is 2. The quantitative estimate of drug-likeness (QED) is 0.327. The third kappa shape index (κ3) is 5.03. The Morgan fingerprint density at radius 2 is 1.16 bits per heavy atom. The summed E-state index contributed by atoms with van der Waals surface area (Å²) in [6.45, 7) is 3.28. The molecule has 0 bridgehead atoms. The summed E-state index contributed by atoms with van der Waals surface area (Å²) in [5, 5.41) is 8.20. The number of nitrogens with one attached hydrogen (secondary N) is 2. The number of rotatable bonds is 7. The van der Waals surface area contributed by atoms with Crippen molar-refractivity contribution in [2.24, 2.45) is 24.3 Å². The second-order valence-electron chi connectivity index (χ2n) is 6.32. The van der Waals surface area contributed by atoms with Crippen LogP contribution in [0, 0.1) is 0 Å². The average molecular weight is 446 g/mol. The predicted molar refractivity (Wildman–Crippen MR) is 115 cm³/mol. The van der Waals surface area contributed by atoms with E-state index < -0.39 is 23.1 Å². The lowest BCUT2D eigenvalue weighted by atomic mass is 10.3. The second kappa shape index (κ2) is 10.1. The molecular formula is C18H22N8O6. The Labute approximate surface area is 181 Å². The molecule has 14 nitrogen and oxygen atoms in total. The number of hydrogen-bond donors (Lipinski definition) is 2. The number of hydrogen-bond acceptors (Lipinski definition) is 12. The number of carbonyl (C=O) groups excluding carboxylic acids is 2. The van der Waals surface area contributed by atoms with E-state index in [4.69, 9.17) is 0 Å². The van der Waals surface area contributed by atoms with Crippen LogP contribution < -0.4 is 22.0 Å². The van der Waals surface area contributed by atoms with Gasteiger partial charge in [-0.25, -0.2) is 30.4 Å². The molecule has 0 radical (unpaired) electrons. The van der Waals surface area contributed by atoms with Crippen LogP contribution in [0.15, 0.2) is 32.2 Å². The van der Waals surface area contributed by atoms with E-state index in [1.165, 1.54) is 28.3 Å². The van der Waals surface area contributed by atoms with Crippen LogP contribution in [0.3, 0.4) is 0 Å². The standard InChI is InChI=1S/C18H22N8O6/c1-9(21-23-17-19-7-11(15(29)31-5)13(27)25(17)3)10(2)22-24-18-20-8-12(16(30)32-6)14(28)26(18)4/h7-8H,1-6H3,(H,19,23)(H,20,24)/b21-9+,22-10+. The van der Waals surface area contributed by atoms with Crippen LogP contribution in [-0.2, 0) is 23.6 Å². The Morgan fingerprint density at radius 1 is 0.812 bits per heavy atom. The highest BCUT2D eigenvalue weighted by atomic mass is 16.5. The number of nitrogens with zero attached hydrogens (tertiary/aromatic N) is 6. The van der Waals surface area contributed by atoms with Gasteiger partial charge >= 0.3 is 11.9 Å². The van der Waals surface area contributed by atoms with Gasteiger partial charge < -0.3 is 9.47 Å². The Morgan fingerprint density at radius 3 is 1.47 bits per heavy atom. The molecule has 2 aromatic rings. The summed E-state index contributed by atoms with van der Waals surface area (Å²) < 4.78 is 11.3.